The summed E-state index contributed by atoms with van der Waals surface area (Å²) in [5.41, 5.74) is 0.0998. The number of carbonyl (C=O) groups is 1. The van der Waals surface area contributed by atoms with E-state index in [-0.39, 0.29) is 5.75 Å². The number of aromatic hydroxyl groups is 4. The van der Waals surface area contributed by atoms with Crippen LogP contribution in [0.2, 0.25) is 0 Å². The van der Waals surface area contributed by atoms with E-state index < -0.39 is 71.7 Å². The molecule has 172 valence electrons. The third-order valence-corrected chi connectivity index (χ3v) is 4.88. The highest BCUT2D eigenvalue weighted by Gasteiger charge is 2.45. The number of aliphatic hydroxyl groups excluding tert-OH is 4. The minimum atomic E-state index is -1.83. The van der Waals surface area contributed by atoms with E-state index in [1.807, 2.05) is 0 Å². The smallest absolute Gasteiger partial charge is 0.229 e. The zero-order chi connectivity index (χ0) is 23.6. The van der Waals surface area contributed by atoms with E-state index >= 15 is 0 Å². The van der Waals surface area contributed by atoms with Crippen molar-refractivity contribution in [1.82, 2.24) is 0 Å². The van der Waals surface area contributed by atoms with Crippen LogP contribution in [0.3, 0.4) is 0 Å². The first kappa shape index (κ1) is 23.3. The molecule has 0 unspecified atom stereocenters. The number of ether oxygens (including phenoxy) is 2. The number of allylic oxidation sites excluding steroid dienone is 1. The molecule has 0 amide bonds. The van der Waals surface area contributed by atoms with E-state index in [2.05, 4.69) is 0 Å². The minimum Gasteiger partial charge on any atom is -0.508 e. The Morgan fingerprint density at radius 3 is 2.25 bits per heavy atom. The first-order chi connectivity index (χ1) is 15.1. The average Bonchev–Trinajstić information content (AvgIpc) is 2.78. The van der Waals surface area contributed by atoms with Gasteiger partial charge in [0.2, 0.25) is 17.8 Å². The Labute approximate surface area is 181 Å². The zero-order valence-corrected chi connectivity index (χ0v) is 16.4. The number of carbonyl (C=O) groups excluding carboxylic acids is 1. The third kappa shape index (κ3) is 4.61. The molecule has 0 saturated carbocycles. The molecule has 0 spiro atoms. The van der Waals surface area contributed by atoms with Crippen molar-refractivity contribution in [1.29, 1.82) is 0 Å². The van der Waals surface area contributed by atoms with Crippen molar-refractivity contribution in [3.05, 3.63) is 47.5 Å². The molecule has 0 bridgehead atoms. The van der Waals surface area contributed by atoms with Crippen LogP contribution in [0.15, 0.2) is 36.4 Å². The lowest BCUT2D eigenvalue weighted by Gasteiger charge is -2.39. The molecule has 1 aliphatic heterocycles. The Hall–Kier alpha value is -3.35. The SMILES string of the molecule is O=C(/C=C/c1ccc(O)cc1)c1cc(O)c(O[C@@H]2O[C@H](CO)[C@@H](O)[C@H](O)[C@H]2O)c(O)c1O. The number of aliphatic hydroxyl groups is 4. The van der Waals surface area contributed by atoms with Gasteiger partial charge in [-0.05, 0) is 29.8 Å². The molecule has 8 N–H and O–H groups in total. The fourth-order valence-electron chi connectivity index (χ4n) is 3.06. The van der Waals surface area contributed by atoms with E-state index in [9.17, 15) is 45.6 Å². The van der Waals surface area contributed by atoms with Gasteiger partial charge in [-0.2, -0.15) is 0 Å². The topological polar surface area (TPSA) is 197 Å². The predicted octanol–water partition coefficient (Wildman–Crippen LogP) is -0.416. The lowest BCUT2D eigenvalue weighted by atomic mass is 9.99. The van der Waals surface area contributed by atoms with Crippen molar-refractivity contribution in [3.8, 4) is 28.7 Å². The minimum absolute atomic E-state index is 0.0379. The molecule has 2 aromatic carbocycles. The summed E-state index contributed by atoms with van der Waals surface area (Å²) >= 11 is 0. The predicted molar refractivity (Wildman–Crippen MR) is 107 cm³/mol. The molecule has 1 saturated heterocycles. The lowest BCUT2D eigenvalue weighted by molar-refractivity contribution is -0.277. The second-order valence-corrected chi connectivity index (χ2v) is 7.07. The summed E-state index contributed by atoms with van der Waals surface area (Å²) < 4.78 is 10.3. The molecule has 3 rings (SSSR count). The molecule has 1 heterocycles. The number of rotatable bonds is 6. The van der Waals surface area contributed by atoms with Gasteiger partial charge in [0.15, 0.2) is 17.3 Å². The van der Waals surface area contributed by atoms with Crippen LogP contribution in [0.5, 0.6) is 28.7 Å². The van der Waals surface area contributed by atoms with Crippen LogP contribution >= 0.6 is 0 Å². The molecule has 1 aliphatic rings. The summed E-state index contributed by atoms with van der Waals surface area (Å²) in [6.07, 6.45) is -5.84. The Morgan fingerprint density at radius 1 is 0.969 bits per heavy atom. The Bertz CT molecular complexity index is 1000. The normalized spacial score (nSPS) is 25.7. The highest BCUT2D eigenvalue weighted by molar-refractivity contribution is 6.09. The van der Waals surface area contributed by atoms with Crippen LogP contribution in [0.4, 0.5) is 0 Å². The van der Waals surface area contributed by atoms with Crippen molar-refractivity contribution < 1.29 is 55.1 Å². The fourth-order valence-corrected chi connectivity index (χ4v) is 3.06. The summed E-state index contributed by atoms with van der Waals surface area (Å²) in [5.74, 6) is -4.26. The Kier molecular flexibility index (Phi) is 6.87. The quantitative estimate of drug-likeness (QED) is 0.123. The molecular weight excluding hydrogens is 428 g/mol. The number of ketones is 1. The first-order valence-corrected chi connectivity index (χ1v) is 9.40. The molecule has 5 atom stereocenters. The summed E-state index contributed by atoms with van der Waals surface area (Å²) in [4.78, 5) is 12.4. The summed E-state index contributed by atoms with van der Waals surface area (Å²) in [6.45, 7) is -0.727. The maximum Gasteiger partial charge on any atom is 0.229 e. The van der Waals surface area contributed by atoms with Crippen molar-refractivity contribution in [2.75, 3.05) is 6.61 Å². The number of hydrogen-bond acceptors (Lipinski definition) is 11. The highest BCUT2D eigenvalue weighted by atomic mass is 16.7. The van der Waals surface area contributed by atoms with Crippen LogP contribution < -0.4 is 4.74 Å². The molecular formula is C21H22O11. The summed E-state index contributed by atoms with van der Waals surface area (Å²) in [5, 5.41) is 78.8. The fraction of sp³-hybridized carbons (Fsp3) is 0.286. The van der Waals surface area contributed by atoms with Crippen molar-refractivity contribution in [2.24, 2.45) is 0 Å². The van der Waals surface area contributed by atoms with E-state index in [0.717, 1.165) is 12.1 Å². The van der Waals surface area contributed by atoms with Crippen LogP contribution in [0.25, 0.3) is 6.08 Å². The summed E-state index contributed by atoms with van der Waals surface area (Å²) in [7, 11) is 0. The molecule has 0 radical (unpaired) electrons. The van der Waals surface area contributed by atoms with E-state index in [1.54, 1.807) is 0 Å². The van der Waals surface area contributed by atoms with E-state index in [1.165, 1.54) is 30.3 Å². The molecule has 0 aliphatic carbocycles. The van der Waals surface area contributed by atoms with Crippen LogP contribution in [0.1, 0.15) is 15.9 Å². The van der Waals surface area contributed by atoms with Crippen LogP contribution in [-0.4, -0.2) is 83.9 Å². The molecule has 11 heteroatoms. The van der Waals surface area contributed by atoms with Gasteiger partial charge in [0.05, 0.1) is 12.2 Å². The number of benzene rings is 2. The Morgan fingerprint density at radius 2 is 1.62 bits per heavy atom. The van der Waals surface area contributed by atoms with Gasteiger partial charge < -0.3 is 50.3 Å². The van der Waals surface area contributed by atoms with Crippen molar-refractivity contribution in [2.45, 2.75) is 30.7 Å². The van der Waals surface area contributed by atoms with E-state index in [4.69, 9.17) is 9.47 Å². The van der Waals surface area contributed by atoms with Gasteiger partial charge in [-0.1, -0.05) is 18.2 Å². The van der Waals surface area contributed by atoms with Gasteiger partial charge in [-0.15, -0.1) is 0 Å². The maximum absolute atomic E-state index is 12.4. The average molecular weight is 450 g/mol. The molecule has 32 heavy (non-hydrogen) atoms. The second-order valence-electron chi connectivity index (χ2n) is 7.07. The van der Waals surface area contributed by atoms with Crippen molar-refractivity contribution in [3.63, 3.8) is 0 Å². The van der Waals surface area contributed by atoms with Crippen LogP contribution in [0, 0.1) is 0 Å². The molecule has 1 fully saturated rings. The van der Waals surface area contributed by atoms with Gasteiger partial charge in [-0.3, -0.25) is 4.79 Å². The maximum atomic E-state index is 12.4. The standard InChI is InChI=1S/C21H22O11/c22-8-14-16(27)17(28)19(30)21(31-14)32-20-13(25)7-11(15(26)18(20)29)12(24)6-3-9-1-4-10(23)5-2-9/h1-7,14,16-17,19,21-23,25-30H,8H2/b6-3+/t14-,16-,17+,19-,21+/m1/s1. The number of hydrogen-bond donors (Lipinski definition) is 8. The molecule has 0 aromatic heterocycles. The monoisotopic (exact) mass is 450 g/mol. The van der Waals surface area contributed by atoms with E-state index in [0.29, 0.717) is 5.56 Å². The third-order valence-electron chi connectivity index (χ3n) is 4.88. The number of phenolic OH excluding ortho intramolecular Hbond substituents is 4. The lowest BCUT2D eigenvalue weighted by Crippen LogP contribution is -2.60. The number of phenols is 4. The summed E-state index contributed by atoms with van der Waals surface area (Å²) in [6, 6.07) is 6.70. The van der Waals surface area contributed by atoms with Crippen LogP contribution in [-0.2, 0) is 4.74 Å². The van der Waals surface area contributed by atoms with Crippen molar-refractivity contribution >= 4 is 11.9 Å². The van der Waals surface area contributed by atoms with Gasteiger partial charge in [0.1, 0.15) is 30.2 Å². The molecule has 2 aromatic rings. The van der Waals surface area contributed by atoms with Gasteiger partial charge >= 0.3 is 0 Å². The zero-order valence-electron chi connectivity index (χ0n) is 16.4. The highest BCUT2D eigenvalue weighted by Crippen LogP contribution is 2.46. The van der Waals surface area contributed by atoms with Gasteiger partial charge in [0.25, 0.3) is 0 Å². The largest absolute Gasteiger partial charge is 0.508 e. The molecule has 11 nitrogen and oxygen atoms in total. The first-order valence-electron chi connectivity index (χ1n) is 9.40. The van der Waals surface area contributed by atoms with Gasteiger partial charge in [-0.25, -0.2) is 0 Å². The second kappa shape index (κ2) is 9.42. The van der Waals surface area contributed by atoms with Gasteiger partial charge in [0, 0.05) is 0 Å². The Balaban J connectivity index is 1.84.